The minimum Gasteiger partial charge on any atom is -0.400 e. The van der Waals surface area contributed by atoms with Gasteiger partial charge in [0.25, 0.3) is 0 Å². The van der Waals surface area contributed by atoms with Crippen LogP contribution in [-0.2, 0) is 0 Å². The maximum Gasteiger partial charge on any atom is 0.314 e. The molecule has 0 bridgehead atoms. The molecule has 13 heavy (non-hydrogen) atoms. The molecule has 0 radical (unpaired) electrons. The first-order chi connectivity index (χ1) is 6.18. The molecule has 0 unspecified atom stereocenters. The van der Waals surface area contributed by atoms with Crippen LogP contribution in [0.5, 0.6) is 0 Å². The van der Waals surface area contributed by atoms with Crippen LogP contribution in [0.25, 0.3) is 11.8 Å². The molecule has 1 aliphatic rings. The molecule has 0 amide bonds. The Morgan fingerprint density at radius 2 is 1.92 bits per heavy atom. The lowest BCUT2D eigenvalue weighted by molar-refractivity contribution is 0.934. The van der Waals surface area contributed by atoms with Crippen LogP contribution >= 0.6 is 0 Å². The van der Waals surface area contributed by atoms with Crippen molar-refractivity contribution in [3.63, 3.8) is 0 Å². The van der Waals surface area contributed by atoms with Crippen LogP contribution in [0.1, 0.15) is 12.8 Å². The number of fused-ring (bicyclic) bond motifs is 1. The molecule has 0 fully saturated rings. The first-order valence-electron chi connectivity index (χ1n) is 4.00. The minimum absolute atomic E-state index is 0.552. The average Bonchev–Trinajstić information content (AvgIpc) is 2.09. The van der Waals surface area contributed by atoms with E-state index in [1.807, 2.05) is 6.08 Å². The molecule has 1 aromatic heterocycles. The monoisotopic (exact) mass is 179 g/mol. The highest BCUT2D eigenvalue weighted by Crippen LogP contribution is 1.98. The largest absolute Gasteiger partial charge is 0.400 e. The summed E-state index contributed by atoms with van der Waals surface area (Å²) in [6.07, 6.45) is 3.36. The Balaban J connectivity index is 3.05. The minimum atomic E-state index is -0.656. The predicted octanol–water partition coefficient (Wildman–Crippen LogP) is -2.30. The molecule has 0 aromatic carbocycles. The predicted molar refractivity (Wildman–Crippen MR) is 48.2 cm³/mol. The summed E-state index contributed by atoms with van der Waals surface area (Å²) in [5.74, 6) is 0. The fourth-order valence-corrected chi connectivity index (χ4v) is 1.38. The summed E-state index contributed by atoms with van der Waals surface area (Å²) in [6.45, 7) is 0. The molecule has 0 saturated heterocycles. The number of hydrogen-bond acceptors (Lipinski definition) is 3. The van der Waals surface area contributed by atoms with E-state index in [9.17, 15) is 9.59 Å². The molecular formula is C8H9N3O2. The van der Waals surface area contributed by atoms with Gasteiger partial charge in [0.1, 0.15) is 0 Å². The van der Waals surface area contributed by atoms with E-state index in [1.165, 1.54) is 0 Å². The van der Waals surface area contributed by atoms with Gasteiger partial charge in [-0.05, 0) is 12.8 Å². The summed E-state index contributed by atoms with van der Waals surface area (Å²) in [5.41, 5.74) is 5.00. The Kier molecular flexibility index (Phi) is 1.58. The maximum atomic E-state index is 11.0. The smallest absolute Gasteiger partial charge is 0.314 e. The number of aromatic nitrogens is 2. The van der Waals surface area contributed by atoms with E-state index in [1.54, 1.807) is 0 Å². The van der Waals surface area contributed by atoms with E-state index in [0.717, 1.165) is 12.8 Å². The van der Waals surface area contributed by atoms with Crippen LogP contribution in [0.3, 0.4) is 0 Å². The molecular weight excluding hydrogens is 170 g/mol. The van der Waals surface area contributed by atoms with Gasteiger partial charge in [-0.1, -0.05) is 6.08 Å². The summed E-state index contributed by atoms with van der Waals surface area (Å²) in [7, 11) is 0. The van der Waals surface area contributed by atoms with Crippen molar-refractivity contribution in [3.8, 4) is 0 Å². The van der Waals surface area contributed by atoms with Crippen molar-refractivity contribution in [1.82, 2.24) is 9.97 Å². The second-order valence-corrected chi connectivity index (χ2v) is 2.96. The van der Waals surface area contributed by atoms with Gasteiger partial charge in [-0.3, -0.25) is 9.59 Å². The topological polar surface area (TPSA) is 91.7 Å². The third kappa shape index (κ3) is 1.18. The molecule has 0 saturated carbocycles. The van der Waals surface area contributed by atoms with E-state index >= 15 is 0 Å². The molecule has 2 rings (SSSR count). The van der Waals surface area contributed by atoms with Crippen molar-refractivity contribution in [2.24, 2.45) is 5.73 Å². The Bertz CT molecular complexity index is 564. The maximum absolute atomic E-state index is 11.0. The van der Waals surface area contributed by atoms with Crippen LogP contribution in [-0.4, -0.2) is 9.97 Å². The van der Waals surface area contributed by atoms with Crippen molar-refractivity contribution >= 4 is 11.8 Å². The van der Waals surface area contributed by atoms with E-state index in [0.29, 0.717) is 16.4 Å². The van der Waals surface area contributed by atoms with Crippen LogP contribution in [0.4, 0.5) is 0 Å². The number of hydrogen-bond donors (Lipinski definition) is 3. The highest BCUT2D eigenvalue weighted by molar-refractivity contribution is 5.44. The lowest BCUT2D eigenvalue weighted by Crippen LogP contribution is -2.49. The zero-order valence-electron chi connectivity index (χ0n) is 6.89. The van der Waals surface area contributed by atoms with Gasteiger partial charge >= 0.3 is 11.1 Å². The van der Waals surface area contributed by atoms with Gasteiger partial charge < -0.3 is 15.7 Å². The standard InChI is InChI=1S/C8H9N3O2/c9-4-2-1-3-5-6(4)11-8(13)7(12)10-5/h3H,1-2,9H2,(H,10,12)(H,11,13). The van der Waals surface area contributed by atoms with Gasteiger partial charge in [0.05, 0.1) is 10.7 Å². The van der Waals surface area contributed by atoms with Gasteiger partial charge in [0, 0.05) is 5.70 Å². The van der Waals surface area contributed by atoms with Crippen molar-refractivity contribution < 1.29 is 0 Å². The average molecular weight is 179 g/mol. The van der Waals surface area contributed by atoms with Crippen LogP contribution in [0.15, 0.2) is 9.59 Å². The Morgan fingerprint density at radius 3 is 2.69 bits per heavy atom. The molecule has 5 nitrogen and oxygen atoms in total. The molecule has 0 atom stereocenters. The van der Waals surface area contributed by atoms with Crippen LogP contribution in [0.2, 0.25) is 0 Å². The Hall–Kier alpha value is -1.78. The highest BCUT2D eigenvalue weighted by Gasteiger charge is 2.02. The zero-order chi connectivity index (χ0) is 9.42. The summed E-state index contributed by atoms with van der Waals surface area (Å²) in [6, 6.07) is 0. The molecule has 0 aliphatic heterocycles. The number of H-pyrrole nitrogens is 2. The summed E-state index contributed by atoms with van der Waals surface area (Å²) >= 11 is 0. The highest BCUT2D eigenvalue weighted by atomic mass is 16.2. The van der Waals surface area contributed by atoms with Gasteiger partial charge in [-0.15, -0.1) is 0 Å². The van der Waals surface area contributed by atoms with E-state index in [4.69, 9.17) is 5.73 Å². The third-order valence-corrected chi connectivity index (χ3v) is 2.05. The lowest BCUT2D eigenvalue weighted by atomic mass is 10.1. The van der Waals surface area contributed by atoms with Crippen LogP contribution < -0.4 is 27.6 Å². The van der Waals surface area contributed by atoms with E-state index in [2.05, 4.69) is 9.97 Å². The van der Waals surface area contributed by atoms with Gasteiger partial charge in [-0.2, -0.15) is 0 Å². The lowest BCUT2D eigenvalue weighted by Gasteiger charge is -2.03. The van der Waals surface area contributed by atoms with Crippen molar-refractivity contribution in [2.75, 3.05) is 0 Å². The van der Waals surface area contributed by atoms with E-state index in [-0.39, 0.29) is 0 Å². The normalized spacial score (nSPS) is 14.9. The van der Waals surface area contributed by atoms with Crippen LogP contribution in [0, 0.1) is 0 Å². The van der Waals surface area contributed by atoms with Gasteiger partial charge in [-0.25, -0.2) is 0 Å². The second-order valence-electron chi connectivity index (χ2n) is 2.96. The third-order valence-electron chi connectivity index (χ3n) is 2.05. The second kappa shape index (κ2) is 2.62. The summed E-state index contributed by atoms with van der Waals surface area (Å²) < 4.78 is 0. The fraction of sp³-hybridized carbons (Fsp3) is 0.250. The first kappa shape index (κ1) is 7.85. The van der Waals surface area contributed by atoms with E-state index < -0.39 is 11.1 Å². The molecule has 1 aliphatic carbocycles. The number of nitrogens with two attached hydrogens (primary N) is 1. The van der Waals surface area contributed by atoms with Crippen molar-refractivity contribution in [1.29, 1.82) is 0 Å². The summed E-state index contributed by atoms with van der Waals surface area (Å²) in [5, 5.41) is 1.17. The zero-order valence-corrected chi connectivity index (χ0v) is 6.89. The Morgan fingerprint density at radius 1 is 1.23 bits per heavy atom. The fourth-order valence-electron chi connectivity index (χ4n) is 1.38. The number of nitrogens with one attached hydrogen (secondary N) is 2. The van der Waals surface area contributed by atoms with Crippen molar-refractivity contribution in [3.05, 3.63) is 31.4 Å². The molecule has 1 aromatic rings. The number of aromatic amines is 2. The quantitative estimate of drug-likeness (QED) is 0.391. The molecule has 0 spiro atoms. The van der Waals surface area contributed by atoms with Gasteiger partial charge in [0.2, 0.25) is 0 Å². The molecule has 1 heterocycles. The SMILES string of the molecule is NC1=c2[nH]c(=O)c(=O)[nH]c2=CCC1. The first-order valence-corrected chi connectivity index (χ1v) is 4.00. The summed E-state index contributed by atoms with van der Waals surface area (Å²) in [4.78, 5) is 26.8. The number of rotatable bonds is 0. The molecule has 4 N–H and O–H groups in total. The van der Waals surface area contributed by atoms with Gasteiger partial charge in [0.15, 0.2) is 0 Å². The Labute approximate surface area is 72.6 Å². The molecule has 68 valence electrons. The van der Waals surface area contributed by atoms with Crippen molar-refractivity contribution in [2.45, 2.75) is 12.8 Å². The molecule has 5 heteroatoms.